The van der Waals surface area contributed by atoms with Crippen LogP contribution in [0.3, 0.4) is 0 Å². The normalized spacial score (nSPS) is 13.4. The van der Waals surface area contributed by atoms with E-state index in [1.54, 1.807) is 21.6 Å². The Balaban J connectivity index is 0.000000234. The van der Waals surface area contributed by atoms with Crippen LogP contribution in [-0.4, -0.2) is 174 Å². The van der Waals surface area contributed by atoms with Gasteiger partial charge in [-0.3, -0.25) is 14.4 Å². The predicted octanol–water partition coefficient (Wildman–Crippen LogP) is 17.9. The van der Waals surface area contributed by atoms with Gasteiger partial charge in [-0.05, 0) is 105 Å². The lowest BCUT2D eigenvalue weighted by molar-refractivity contribution is -0.127. The number of hydrogen-bond donors (Lipinski definition) is 1. The first-order valence-corrected chi connectivity index (χ1v) is 36.3. The third-order valence-corrected chi connectivity index (χ3v) is 17.1. The maximum absolute atomic E-state index is 15.7. The van der Waals surface area contributed by atoms with E-state index in [0.717, 1.165) is 12.1 Å². The maximum Gasteiger partial charge on any atom is 0.410 e. The molecule has 3 amide bonds. The number of ether oxygens (including phenoxy) is 3. The van der Waals surface area contributed by atoms with Crippen LogP contribution in [0.1, 0.15) is 43.4 Å². The van der Waals surface area contributed by atoms with E-state index in [1.165, 1.54) is 112 Å². The lowest BCUT2D eigenvalue weighted by Crippen LogP contribution is -2.50. The molecule has 6 heterocycles. The first-order valence-electron chi connectivity index (χ1n) is 32.7. The summed E-state index contributed by atoms with van der Waals surface area (Å²) in [6.45, 7) is 23.5. The lowest BCUT2D eigenvalue weighted by atomic mass is 10.0. The van der Waals surface area contributed by atoms with Crippen molar-refractivity contribution in [1.29, 1.82) is 0 Å². The van der Waals surface area contributed by atoms with Crippen LogP contribution in [0.25, 0.3) is 66.1 Å². The molecular weight excluding hydrogens is 1680 g/mol. The van der Waals surface area contributed by atoms with Crippen LogP contribution >= 0.6 is 93.7 Å². The van der Waals surface area contributed by atoms with Gasteiger partial charge in [0.05, 0.1) is 46.0 Å². The molecule has 3 aliphatic heterocycles. The molecule has 12 rings (SSSR count). The highest BCUT2D eigenvalue weighted by molar-refractivity contribution is 9.69. The fourth-order valence-electron chi connectivity index (χ4n) is 11.3. The zero-order valence-corrected chi connectivity index (χ0v) is 65.7. The molecule has 6 aromatic carbocycles. The van der Waals surface area contributed by atoms with E-state index in [0.29, 0.717) is 119 Å². The number of aromatic hydroxyl groups is 1. The minimum Gasteiger partial charge on any atom is -0.507 e. The van der Waals surface area contributed by atoms with Crippen LogP contribution in [-0.2, 0) is 19.1 Å². The summed E-state index contributed by atoms with van der Waals surface area (Å²) < 4.78 is 113. The monoisotopic (exact) mass is 1750 g/mol. The fourth-order valence-corrected chi connectivity index (χ4v) is 12.2. The third-order valence-electron chi connectivity index (χ3n) is 16.1. The zero-order chi connectivity index (χ0) is 78.7. The third kappa shape index (κ3) is 21.3. The molecule has 0 radical (unpaired) electrons. The van der Waals surface area contributed by atoms with E-state index < -0.39 is 51.5 Å². The van der Waals surface area contributed by atoms with E-state index >= 15 is 13.2 Å². The van der Waals surface area contributed by atoms with Gasteiger partial charge in [0.15, 0.2) is 17.5 Å². The molecule has 3 fully saturated rings. The van der Waals surface area contributed by atoms with E-state index in [4.69, 9.17) is 62.0 Å². The lowest BCUT2D eigenvalue weighted by Gasteiger charge is -2.36. The molecule has 3 aromatic heterocycles. The van der Waals surface area contributed by atoms with Gasteiger partial charge in [-0.25, -0.2) is 61.0 Å². The quantitative estimate of drug-likeness (QED) is 0.0552. The van der Waals surface area contributed by atoms with Crippen LogP contribution in [0.5, 0.6) is 17.2 Å². The molecule has 3 saturated heterocycles. The highest BCUT2D eigenvalue weighted by Crippen LogP contribution is 2.46. The van der Waals surface area contributed by atoms with Crippen molar-refractivity contribution in [2.45, 2.75) is 47.6 Å². The number of nitrogens with zero attached hydrogens (tertiary/aromatic N) is 12. The Morgan fingerprint density at radius 3 is 1.09 bits per heavy atom. The number of rotatable bonds is 11. The summed E-state index contributed by atoms with van der Waals surface area (Å²) in [6.07, 6.45) is 6.96. The van der Waals surface area contributed by atoms with Crippen LogP contribution in [0.15, 0.2) is 130 Å². The summed E-state index contributed by atoms with van der Waals surface area (Å²) in [5, 5.41) is 10.7. The van der Waals surface area contributed by atoms with E-state index in [1.807, 2.05) is 35.5 Å². The van der Waals surface area contributed by atoms with Gasteiger partial charge < -0.3 is 48.7 Å². The van der Waals surface area contributed by atoms with Crippen molar-refractivity contribution in [2.24, 2.45) is 0 Å². The second kappa shape index (κ2) is 40.1. The Hall–Kier alpha value is -8.52. The number of anilines is 3. The predicted molar refractivity (Wildman–Crippen MR) is 424 cm³/mol. The standard InChI is InChI=1S/C24H25ClF2N4O3.C22H19ClF2N4O2.C21H17ClF2N4O2.C3H3ClO.C2H6.CH4.BBr3/c1-24(2,3)34-23(32)31-10-8-30(9-11-31)22-14-12-15(25)18(20(27)21(14)28-13-29-22)19-16(26)6-5-7-17(19)33-4;1-3-17(30)28-7-9-29(10-8-28)22-13-11-14(23)18(20(25)21(13)26-12-27-22)19-15(24)5-4-6-16(19)31-2;1-2-16(30)27-6-8-28(9-7-27)21-12-10-13(22)17(19(24)20(12)25-11-26-21)18-14(23)4-3-5-15(18)29;1-2-3(4)5;1-2;;2-1(3)4/h5-7,12-13H,8-11H2,1-4H3;3-6,11-12H,1,7-10H2,2H3;2-5,10-11,29H,1,6-9H2;2H,1H2;1-2H3;1H4;/i;;;;1D;;. The summed E-state index contributed by atoms with van der Waals surface area (Å²) in [4.78, 5) is 81.4. The summed E-state index contributed by atoms with van der Waals surface area (Å²) in [5.41, 5.74) is -1.52. The number of amides is 3. The molecule has 0 bridgehead atoms. The minimum absolute atomic E-state index is 0. The molecule has 0 unspecified atom stereocenters. The van der Waals surface area contributed by atoms with E-state index in [9.17, 15) is 37.5 Å². The number of carbonyl (C=O) groups is 4. The SMILES string of the molecule is BrB(Br)Br.C.C=CC(=O)Cl.C=CC(=O)N1CCN(c2ncnc3c(F)c(-c4c(F)cccc4OC)c(Cl)cc23)CC1.C=CC(=O)N1CCN(c2ncnc3c(F)c(-c4c(O)cccc4F)c(Cl)cc23)CC1.COc1cccc(F)c1-c1c(Cl)cc2c(N3CCN(C(=O)OC(C)(C)C)CC3)ncnc2c1F.[2H]CC. The van der Waals surface area contributed by atoms with Gasteiger partial charge in [-0.15, -0.1) is 47.3 Å². The zero-order valence-electron chi connectivity index (χ0n) is 58.9. The van der Waals surface area contributed by atoms with Crippen molar-refractivity contribution in [2.75, 3.05) is 107 Å². The Morgan fingerprint density at radius 1 is 0.523 bits per heavy atom. The molecule has 34 heteroatoms. The molecule has 0 saturated carbocycles. The van der Waals surface area contributed by atoms with E-state index in [-0.39, 0.29) is 105 Å². The van der Waals surface area contributed by atoms with Crippen molar-refractivity contribution < 1.29 is 66.2 Å². The number of piperazine rings is 3. The van der Waals surface area contributed by atoms with Crippen molar-refractivity contribution >= 4 is 170 Å². The average molecular weight is 1750 g/mol. The Morgan fingerprint density at radius 2 is 0.813 bits per heavy atom. The van der Waals surface area contributed by atoms with Gasteiger partial charge in [0.25, 0.3) is 0 Å². The van der Waals surface area contributed by atoms with Gasteiger partial charge in [0.2, 0.25) is 17.1 Å². The molecule has 107 heavy (non-hydrogen) atoms. The average Bonchev–Trinajstić information content (AvgIpc) is 0.765. The van der Waals surface area contributed by atoms with Crippen molar-refractivity contribution in [3.8, 4) is 50.6 Å². The van der Waals surface area contributed by atoms with Gasteiger partial charge in [-0.2, -0.15) is 0 Å². The van der Waals surface area contributed by atoms with Crippen molar-refractivity contribution in [3.05, 3.63) is 180 Å². The Bertz CT molecular complexity index is 4740. The molecule has 9 aromatic rings. The number of allylic oxidation sites excluding steroid dienone is 1. The second-order valence-corrected chi connectivity index (χ2v) is 31.5. The second-order valence-electron chi connectivity index (χ2n) is 23.4. The topological polar surface area (TPSA) is 213 Å². The van der Waals surface area contributed by atoms with Crippen LogP contribution in [0, 0.1) is 34.9 Å². The molecule has 568 valence electrons. The van der Waals surface area contributed by atoms with Crippen molar-refractivity contribution in [3.63, 3.8) is 0 Å². The number of fused-ring (bicyclic) bond motifs is 3. The molecule has 0 atom stereocenters. The number of phenolic OH excluding ortho intramolecular Hbond substituents is 1. The Kier molecular flexibility index (Phi) is 32.1. The number of benzene rings is 6. The number of aromatic nitrogens is 6. The smallest absolute Gasteiger partial charge is 0.410 e. The first kappa shape index (κ1) is 85.7. The summed E-state index contributed by atoms with van der Waals surface area (Å²) in [6, 6.07) is 16.7. The number of carbonyl (C=O) groups excluding carboxylic acids is 4. The highest BCUT2D eigenvalue weighted by atomic mass is 79.9. The molecule has 0 aliphatic carbocycles. The first-order chi connectivity index (χ1) is 50.9. The summed E-state index contributed by atoms with van der Waals surface area (Å²) >= 11 is 33.3. The number of phenols is 1. The molecule has 20 nitrogen and oxygen atoms in total. The summed E-state index contributed by atoms with van der Waals surface area (Å²) in [7, 11) is 2.75. The molecule has 1 N–H and O–H groups in total. The highest BCUT2D eigenvalue weighted by Gasteiger charge is 2.32. The molecule has 3 aliphatic rings. The van der Waals surface area contributed by atoms with Gasteiger partial charge in [0.1, 0.15) is 93.3 Å². The largest absolute Gasteiger partial charge is 0.507 e. The Labute approximate surface area is 661 Å². The van der Waals surface area contributed by atoms with E-state index in [2.05, 4.69) is 96.9 Å². The van der Waals surface area contributed by atoms with Gasteiger partial charge >= 0.3 is 9.28 Å². The van der Waals surface area contributed by atoms with Crippen molar-refractivity contribution in [1.82, 2.24) is 44.6 Å². The maximum atomic E-state index is 15.7. The van der Waals surface area contributed by atoms with Crippen LogP contribution in [0.2, 0.25) is 15.1 Å². The number of halogens is 13. The number of hydrogen-bond acceptors (Lipinski definition) is 17. The van der Waals surface area contributed by atoms with Crippen LogP contribution in [0.4, 0.5) is 48.6 Å². The van der Waals surface area contributed by atoms with Crippen LogP contribution < -0.4 is 24.2 Å². The molecular formula is C73H74BBr3Cl4F6N12O8. The number of methoxy groups -OCH3 is 2. The fraction of sp³-hybridized carbons (Fsp3) is 0.288. The van der Waals surface area contributed by atoms with Gasteiger partial charge in [0, 0.05) is 113 Å². The minimum atomic E-state index is -0.845. The van der Waals surface area contributed by atoms with Gasteiger partial charge in [-0.1, -0.05) is 94.0 Å². The summed E-state index contributed by atoms with van der Waals surface area (Å²) in [5.74, 6) is -3.40. The molecule has 0 spiro atoms.